The zero-order valence-electron chi connectivity index (χ0n) is 9.08. The maximum absolute atomic E-state index is 11.8. The van der Waals surface area contributed by atoms with Crippen LogP contribution in [-0.2, 0) is 11.2 Å². The van der Waals surface area contributed by atoms with Gasteiger partial charge in [-0.05, 0) is 30.9 Å². The molecule has 1 aromatic rings. The van der Waals surface area contributed by atoms with E-state index in [1.54, 1.807) is 18.5 Å². The molecule has 1 heterocycles. The number of rotatable bonds is 4. The fourth-order valence-corrected chi connectivity index (χ4v) is 2.21. The van der Waals surface area contributed by atoms with Gasteiger partial charge in [0.2, 0.25) is 0 Å². The topological polar surface area (TPSA) is 56.0 Å². The normalized spacial score (nSPS) is 17.9. The lowest BCUT2D eigenvalue weighted by molar-refractivity contribution is -0.120. The largest absolute Gasteiger partial charge is 0.325 e. The quantitative estimate of drug-likeness (QED) is 0.874. The van der Waals surface area contributed by atoms with Crippen LogP contribution >= 0.6 is 11.6 Å². The molecule has 3 nitrogen and oxygen atoms in total. The maximum atomic E-state index is 11.8. The highest BCUT2D eigenvalue weighted by Gasteiger charge is 2.34. The highest BCUT2D eigenvalue weighted by atomic mass is 35.5. The first-order valence-corrected chi connectivity index (χ1v) is 5.86. The molecule has 4 heteroatoms. The molecule has 0 saturated heterocycles. The molecule has 0 aromatic carbocycles. The predicted molar refractivity (Wildman–Crippen MR) is 63.3 cm³/mol. The number of nitrogens with two attached hydrogens (primary N) is 1. The minimum atomic E-state index is -0.239. The second-order valence-electron chi connectivity index (χ2n) is 4.58. The number of hydrogen-bond donors (Lipinski definition) is 1. The van der Waals surface area contributed by atoms with Gasteiger partial charge in [-0.15, -0.1) is 0 Å². The van der Waals surface area contributed by atoms with Gasteiger partial charge in [-0.2, -0.15) is 0 Å². The molecule has 0 radical (unpaired) electrons. The summed E-state index contributed by atoms with van der Waals surface area (Å²) in [6.07, 6.45) is 7.10. The Balaban J connectivity index is 1.95. The van der Waals surface area contributed by atoms with Crippen molar-refractivity contribution in [1.29, 1.82) is 0 Å². The van der Waals surface area contributed by atoms with Gasteiger partial charge >= 0.3 is 0 Å². The van der Waals surface area contributed by atoms with Crippen molar-refractivity contribution in [1.82, 2.24) is 4.98 Å². The Hall–Kier alpha value is -0.930. The van der Waals surface area contributed by atoms with Crippen LogP contribution in [0.3, 0.4) is 0 Å². The minimum Gasteiger partial charge on any atom is -0.325 e. The molecule has 1 saturated carbocycles. The van der Waals surface area contributed by atoms with Crippen molar-refractivity contribution in [3.8, 4) is 0 Å². The summed E-state index contributed by atoms with van der Waals surface area (Å²) in [5.41, 5.74) is 6.63. The van der Waals surface area contributed by atoms with Crippen LogP contribution in [0.5, 0.6) is 0 Å². The third-order valence-corrected chi connectivity index (χ3v) is 3.48. The second-order valence-corrected chi connectivity index (χ2v) is 4.98. The van der Waals surface area contributed by atoms with Crippen molar-refractivity contribution in [2.45, 2.75) is 37.6 Å². The average Bonchev–Trinajstić information content (AvgIpc) is 2.19. The number of aromatic nitrogens is 1. The Morgan fingerprint density at radius 1 is 1.56 bits per heavy atom. The predicted octanol–water partition coefficient (Wildman–Crippen LogP) is 2.12. The number of nitrogens with zero attached hydrogens (tertiary/aromatic N) is 1. The van der Waals surface area contributed by atoms with Gasteiger partial charge in [-0.25, -0.2) is 0 Å². The highest BCUT2D eigenvalue weighted by molar-refractivity contribution is 6.31. The van der Waals surface area contributed by atoms with Crippen LogP contribution in [0.2, 0.25) is 5.02 Å². The first kappa shape index (κ1) is 11.6. The Morgan fingerprint density at radius 3 is 2.88 bits per heavy atom. The van der Waals surface area contributed by atoms with Crippen LogP contribution in [0.1, 0.15) is 31.2 Å². The fraction of sp³-hybridized carbons (Fsp3) is 0.500. The molecule has 0 spiro atoms. The molecule has 2 rings (SSSR count). The van der Waals surface area contributed by atoms with Gasteiger partial charge in [0.05, 0.1) is 5.02 Å². The van der Waals surface area contributed by atoms with Gasteiger partial charge in [0.25, 0.3) is 0 Å². The number of hydrogen-bond acceptors (Lipinski definition) is 3. The van der Waals surface area contributed by atoms with E-state index in [4.69, 9.17) is 17.3 Å². The molecule has 86 valence electrons. The van der Waals surface area contributed by atoms with Crippen LogP contribution in [0.25, 0.3) is 0 Å². The second kappa shape index (κ2) is 4.52. The summed E-state index contributed by atoms with van der Waals surface area (Å²) in [6.45, 7) is 0. The number of carbonyl (C=O) groups excluding carboxylic acids is 1. The monoisotopic (exact) mass is 238 g/mol. The molecule has 1 aromatic heterocycles. The van der Waals surface area contributed by atoms with Gasteiger partial charge in [0, 0.05) is 30.8 Å². The van der Waals surface area contributed by atoms with Gasteiger partial charge in [-0.1, -0.05) is 11.6 Å². The molecule has 0 unspecified atom stereocenters. The van der Waals surface area contributed by atoms with E-state index in [2.05, 4.69) is 4.98 Å². The molecule has 1 fully saturated rings. The lowest BCUT2D eigenvalue weighted by atomic mass is 9.74. The minimum absolute atomic E-state index is 0.162. The van der Waals surface area contributed by atoms with Crippen LogP contribution in [0.15, 0.2) is 18.5 Å². The van der Waals surface area contributed by atoms with E-state index in [9.17, 15) is 4.79 Å². The molecule has 0 aliphatic heterocycles. The number of carbonyl (C=O) groups is 1. The average molecular weight is 239 g/mol. The SMILES string of the molecule is NC1(CC(=O)Cc2ccncc2Cl)CCC1. The molecular formula is C12H15ClN2O. The van der Waals surface area contributed by atoms with Crippen molar-refractivity contribution in [2.24, 2.45) is 5.73 Å². The summed E-state index contributed by atoms with van der Waals surface area (Å²) in [4.78, 5) is 15.7. The van der Waals surface area contributed by atoms with Crippen molar-refractivity contribution in [3.63, 3.8) is 0 Å². The standard InChI is InChI=1S/C12H15ClN2O/c13-11-8-15-5-2-9(11)6-10(16)7-12(14)3-1-4-12/h2,5,8H,1,3-4,6-7,14H2. The summed E-state index contributed by atoms with van der Waals surface area (Å²) in [7, 11) is 0. The number of ketones is 1. The Kier molecular flexibility index (Phi) is 3.26. The lowest BCUT2D eigenvalue weighted by Gasteiger charge is -2.37. The van der Waals surface area contributed by atoms with Crippen LogP contribution in [0, 0.1) is 0 Å². The highest BCUT2D eigenvalue weighted by Crippen LogP contribution is 2.32. The third kappa shape index (κ3) is 2.60. The molecule has 1 aliphatic rings. The molecular weight excluding hydrogens is 224 g/mol. The summed E-state index contributed by atoms with van der Waals surface area (Å²) < 4.78 is 0. The molecule has 2 N–H and O–H groups in total. The van der Waals surface area contributed by atoms with Crippen molar-refractivity contribution in [3.05, 3.63) is 29.0 Å². The number of pyridine rings is 1. The number of halogens is 1. The van der Waals surface area contributed by atoms with Crippen molar-refractivity contribution in [2.75, 3.05) is 0 Å². The van der Waals surface area contributed by atoms with E-state index in [0.29, 0.717) is 17.9 Å². The third-order valence-electron chi connectivity index (χ3n) is 3.14. The maximum Gasteiger partial charge on any atom is 0.139 e. The van der Waals surface area contributed by atoms with Crippen LogP contribution in [0.4, 0.5) is 0 Å². The molecule has 16 heavy (non-hydrogen) atoms. The van der Waals surface area contributed by atoms with Gasteiger partial charge in [0.1, 0.15) is 5.78 Å². The summed E-state index contributed by atoms with van der Waals surface area (Å²) in [5.74, 6) is 0.162. The zero-order chi connectivity index (χ0) is 11.6. The van der Waals surface area contributed by atoms with Crippen LogP contribution < -0.4 is 5.73 Å². The summed E-state index contributed by atoms with van der Waals surface area (Å²) >= 11 is 5.94. The smallest absolute Gasteiger partial charge is 0.139 e. The Labute approximate surface area is 100 Å². The van der Waals surface area contributed by atoms with E-state index in [1.807, 2.05) is 0 Å². The van der Waals surface area contributed by atoms with Gasteiger partial charge in [0.15, 0.2) is 0 Å². The van der Waals surface area contributed by atoms with Crippen LogP contribution in [-0.4, -0.2) is 16.3 Å². The Bertz CT molecular complexity index is 402. The van der Waals surface area contributed by atoms with E-state index < -0.39 is 0 Å². The molecule has 1 aliphatic carbocycles. The van der Waals surface area contributed by atoms with Gasteiger partial charge < -0.3 is 5.73 Å². The molecule has 0 bridgehead atoms. The fourth-order valence-electron chi connectivity index (χ4n) is 2.02. The van der Waals surface area contributed by atoms with Crippen molar-refractivity contribution >= 4 is 17.4 Å². The first-order chi connectivity index (χ1) is 7.59. The lowest BCUT2D eigenvalue weighted by Crippen LogP contribution is -2.48. The first-order valence-electron chi connectivity index (χ1n) is 5.48. The number of Topliss-reactive ketones (excluding diaryl/α,β-unsaturated/α-hetero) is 1. The molecule has 0 atom stereocenters. The van der Waals surface area contributed by atoms with E-state index >= 15 is 0 Å². The Morgan fingerprint density at radius 2 is 2.31 bits per heavy atom. The summed E-state index contributed by atoms with van der Waals surface area (Å²) in [5, 5.41) is 0.551. The summed E-state index contributed by atoms with van der Waals surface area (Å²) in [6, 6.07) is 1.78. The van der Waals surface area contributed by atoms with Gasteiger partial charge in [-0.3, -0.25) is 9.78 Å². The molecule has 0 amide bonds. The van der Waals surface area contributed by atoms with Crippen molar-refractivity contribution < 1.29 is 4.79 Å². The zero-order valence-corrected chi connectivity index (χ0v) is 9.83. The van der Waals surface area contributed by atoms with E-state index in [1.165, 1.54) is 0 Å². The van der Waals surface area contributed by atoms with E-state index in [-0.39, 0.29) is 11.3 Å². The van der Waals surface area contributed by atoms with E-state index in [0.717, 1.165) is 24.8 Å².